The Balaban J connectivity index is 2.40. The highest BCUT2D eigenvalue weighted by atomic mass is 19.4. The van der Waals surface area contributed by atoms with Crippen molar-refractivity contribution >= 4 is 6.03 Å². The van der Waals surface area contributed by atoms with Gasteiger partial charge in [0.15, 0.2) is 0 Å². The van der Waals surface area contributed by atoms with Gasteiger partial charge < -0.3 is 15.3 Å². The summed E-state index contributed by atoms with van der Waals surface area (Å²) in [5.41, 5.74) is 0. The van der Waals surface area contributed by atoms with Crippen molar-refractivity contribution in [3.8, 4) is 0 Å². The van der Waals surface area contributed by atoms with Crippen LogP contribution < -0.4 is 5.32 Å². The topological polar surface area (TPSA) is 52.6 Å². The minimum atomic E-state index is -4.40. The number of carbonyl (C=O) groups excluding carboxylic acids is 1. The highest BCUT2D eigenvalue weighted by molar-refractivity contribution is 5.74. The first-order chi connectivity index (χ1) is 6.94. The molecular formula is C8H13F3N2O2. The number of urea groups is 1. The van der Waals surface area contributed by atoms with Crippen LogP contribution in [0.4, 0.5) is 18.0 Å². The van der Waals surface area contributed by atoms with Gasteiger partial charge in [-0.2, -0.15) is 13.2 Å². The first-order valence-corrected chi connectivity index (χ1v) is 4.66. The van der Waals surface area contributed by atoms with Gasteiger partial charge in [-0.3, -0.25) is 0 Å². The molecular weight excluding hydrogens is 213 g/mol. The van der Waals surface area contributed by atoms with E-state index in [1.54, 1.807) is 5.32 Å². The fourth-order valence-electron chi connectivity index (χ4n) is 1.57. The van der Waals surface area contributed by atoms with E-state index in [0.717, 1.165) is 0 Å². The zero-order valence-electron chi connectivity index (χ0n) is 8.05. The molecule has 0 radical (unpaired) electrons. The normalized spacial score (nSPS) is 21.9. The van der Waals surface area contributed by atoms with Gasteiger partial charge in [-0.15, -0.1) is 0 Å². The van der Waals surface area contributed by atoms with Crippen molar-refractivity contribution in [2.45, 2.75) is 25.1 Å². The number of hydrogen-bond donors (Lipinski definition) is 2. The van der Waals surface area contributed by atoms with E-state index < -0.39 is 18.8 Å². The quantitative estimate of drug-likeness (QED) is 0.728. The van der Waals surface area contributed by atoms with Crippen molar-refractivity contribution < 1.29 is 23.1 Å². The summed E-state index contributed by atoms with van der Waals surface area (Å²) >= 11 is 0. The lowest BCUT2D eigenvalue weighted by atomic mass is 10.2. The molecule has 2 N–H and O–H groups in total. The van der Waals surface area contributed by atoms with Crippen LogP contribution >= 0.6 is 0 Å². The number of carbonyl (C=O) groups is 1. The molecule has 0 aromatic carbocycles. The van der Waals surface area contributed by atoms with E-state index in [-0.39, 0.29) is 12.6 Å². The Kier molecular flexibility index (Phi) is 3.78. The van der Waals surface area contributed by atoms with Crippen LogP contribution in [0.25, 0.3) is 0 Å². The second kappa shape index (κ2) is 4.69. The zero-order chi connectivity index (χ0) is 11.5. The van der Waals surface area contributed by atoms with Gasteiger partial charge in [0, 0.05) is 6.54 Å². The Morgan fingerprint density at radius 1 is 1.53 bits per heavy atom. The molecule has 1 rings (SSSR count). The summed E-state index contributed by atoms with van der Waals surface area (Å²) in [6, 6.07) is -1.11. The van der Waals surface area contributed by atoms with E-state index >= 15 is 0 Å². The molecule has 7 heteroatoms. The third kappa shape index (κ3) is 3.58. The van der Waals surface area contributed by atoms with Crippen molar-refractivity contribution in [2.75, 3.05) is 19.7 Å². The summed E-state index contributed by atoms with van der Waals surface area (Å²) in [6.07, 6.45) is -3.05. The van der Waals surface area contributed by atoms with E-state index in [1.165, 1.54) is 4.90 Å². The lowest BCUT2D eigenvalue weighted by Crippen LogP contribution is -2.46. The van der Waals surface area contributed by atoms with Gasteiger partial charge in [0.25, 0.3) is 0 Å². The molecule has 1 aliphatic heterocycles. The molecule has 4 nitrogen and oxygen atoms in total. The maximum Gasteiger partial charge on any atom is 0.405 e. The van der Waals surface area contributed by atoms with Crippen LogP contribution in [-0.4, -0.2) is 48.0 Å². The molecule has 0 aliphatic carbocycles. The van der Waals surface area contributed by atoms with E-state index in [1.807, 2.05) is 0 Å². The number of amides is 2. The average molecular weight is 226 g/mol. The van der Waals surface area contributed by atoms with Crippen molar-refractivity contribution in [2.24, 2.45) is 0 Å². The van der Waals surface area contributed by atoms with Crippen molar-refractivity contribution in [3.05, 3.63) is 0 Å². The van der Waals surface area contributed by atoms with Crippen LogP contribution in [0.15, 0.2) is 0 Å². The number of likely N-dealkylation sites (tertiary alicyclic amines) is 1. The molecule has 1 fully saturated rings. The largest absolute Gasteiger partial charge is 0.405 e. The molecule has 1 atom stereocenters. The number of alkyl halides is 3. The number of aliphatic hydroxyl groups is 1. The monoisotopic (exact) mass is 226 g/mol. The number of nitrogens with one attached hydrogen (secondary N) is 1. The maximum atomic E-state index is 11.8. The molecule has 0 saturated carbocycles. The molecule has 1 heterocycles. The first-order valence-electron chi connectivity index (χ1n) is 4.66. The molecule has 0 aromatic heterocycles. The molecule has 0 aromatic rings. The zero-order valence-corrected chi connectivity index (χ0v) is 8.05. The lowest BCUT2D eigenvalue weighted by Gasteiger charge is -2.23. The molecule has 0 spiro atoms. The van der Waals surface area contributed by atoms with Gasteiger partial charge >= 0.3 is 12.2 Å². The van der Waals surface area contributed by atoms with Gasteiger partial charge in [0.2, 0.25) is 0 Å². The third-order valence-electron chi connectivity index (χ3n) is 2.29. The van der Waals surface area contributed by atoms with Crippen LogP contribution in [0.2, 0.25) is 0 Å². The van der Waals surface area contributed by atoms with E-state index in [4.69, 9.17) is 5.11 Å². The summed E-state index contributed by atoms with van der Waals surface area (Å²) in [5, 5.41) is 10.6. The Labute approximate surface area is 85.1 Å². The van der Waals surface area contributed by atoms with Gasteiger partial charge in [-0.25, -0.2) is 4.79 Å². The number of aliphatic hydroxyl groups excluding tert-OH is 1. The van der Waals surface area contributed by atoms with Crippen LogP contribution in [-0.2, 0) is 0 Å². The molecule has 15 heavy (non-hydrogen) atoms. The molecule has 0 bridgehead atoms. The summed E-state index contributed by atoms with van der Waals surface area (Å²) < 4.78 is 35.4. The molecule has 88 valence electrons. The lowest BCUT2D eigenvalue weighted by molar-refractivity contribution is -0.123. The number of hydrogen-bond acceptors (Lipinski definition) is 2. The minimum Gasteiger partial charge on any atom is -0.394 e. The highest BCUT2D eigenvalue weighted by Gasteiger charge is 2.32. The van der Waals surface area contributed by atoms with Crippen molar-refractivity contribution in [3.63, 3.8) is 0 Å². The Morgan fingerprint density at radius 2 is 2.20 bits per heavy atom. The summed E-state index contributed by atoms with van der Waals surface area (Å²) in [7, 11) is 0. The van der Waals surface area contributed by atoms with E-state index in [0.29, 0.717) is 19.4 Å². The van der Waals surface area contributed by atoms with Crippen LogP contribution in [0.5, 0.6) is 0 Å². The smallest absolute Gasteiger partial charge is 0.394 e. The Hall–Kier alpha value is -0.980. The van der Waals surface area contributed by atoms with E-state index in [9.17, 15) is 18.0 Å². The molecule has 1 aliphatic rings. The molecule has 0 unspecified atom stereocenters. The standard InChI is InChI=1S/C8H13F3N2O2/c9-8(10,11)5-12-7(15)13-3-1-2-6(13)4-14/h6,14H,1-5H2,(H,12,15)/t6-/m1/s1. The van der Waals surface area contributed by atoms with Gasteiger partial charge in [0.1, 0.15) is 6.54 Å². The number of rotatable bonds is 2. The Bertz CT molecular complexity index is 232. The minimum absolute atomic E-state index is 0.209. The summed E-state index contributed by atoms with van der Waals surface area (Å²) in [6.45, 7) is -1.14. The second-order valence-electron chi connectivity index (χ2n) is 3.45. The van der Waals surface area contributed by atoms with Gasteiger partial charge in [-0.05, 0) is 12.8 Å². The fraction of sp³-hybridized carbons (Fsp3) is 0.875. The molecule has 1 saturated heterocycles. The van der Waals surface area contributed by atoms with Crippen molar-refractivity contribution in [1.29, 1.82) is 0 Å². The van der Waals surface area contributed by atoms with Crippen molar-refractivity contribution in [1.82, 2.24) is 10.2 Å². The number of halogens is 3. The average Bonchev–Trinajstić information content (AvgIpc) is 2.60. The maximum absolute atomic E-state index is 11.8. The SMILES string of the molecule is O=C(NCC(F)(F)F)N1CCC[C@@H]1CO. The van der Waals surface area contributed by atoms with E-state index in [2.05, 4.69) is 0 Å². The van der Waals surface area contributed by atoms with Gasteiger partial charge in [0.05, 0.1) is 12.6 Å². The summed E-state index contributed by atoms with van der Waals surface area (Å²) in [4.78, 5) is 12.5. The summed E-state index contributed by atoms with van der Waals surface area (Å²) in [5.74, 6) is 0. The second-order valence-corrected chi connectivity index (χ2v) is 3.45. The predicted octanol–water partition coefficient (Wildman–Crippen LogP) is 0.715. The first kappa shape index (κ1) is 12.1. The highest BCUT2D eigenvalue weighted by Crippen LogP contribution is 2.17. The van der Waals surface area contributed by atoms with Crippen LogP contribution in [0.3, 0.4) is 0 Å². The fourth-order valence-corrected chi connectivity index (χ4v) is 1.57. The predicted molar refractivity (Wildman–Crippen MR) is 46.3 cm³/mol. The van der Waals surface area contributed by atoms with Gasteiger partial charge in [-0.1, -0.05) is 0 Å². The third-order valence-corrected chi connectivity index (χ3v) is 2.29. The number of nitrogens with zero attached hydrogens (tertiary/aromatic N) is 1. The van der Waals surface area contributed by atoms with Crippen LogP contribution in [0, 0.1) is 0 Å². The molecule has 2 amide bonds. The van der Waals surface area contributed by atoms with Crippen LogP contribution in [0.1, 0.15) is 12.8 Å². The Morgan fingerprint density at radius 3 is 2.73 bits per heavy atom.